The predicted octanol–water partition coefficient (Wildman–Crippen LogP) is 3.51. The van der Waals surface area contributed by atoms with Crippen LogP contribution in [0.1, 0.15) is 11.1 Å². The van der Waals surface area contributed by atoms with Crippen LogP contribution in [0.2, 0.25) is 0 Å². The molecule has 0 aliphatic rings. The fraction of sp³-hybridized carbons (Fsp3) is 0.300. The Morgan fingerprint density at radius 3 is 2.10 bits per heavy atom. The number of carbonyl (C=O) groups is 2. The Bertz CT molecular complexity index is 829. The summed E-state index contributed by atoms with van der Waals surface area (Å²) < 4.78 is 33.1. The molecular formula is C20H24NO7P. The SMILES string of the molecule is COC(=O)[C@H](Cc1ccccc1)OP(=O)(CNC(=O)OCc1ccccc1)OC. The Kier molecular flexibility index (Phi) is 8.86. The second-order valence-electron chi connectivity index (χ2n) is 6.00. The van der Waals surface area contributed by atoms with E-state index < -0.39 is 32.0 Å². The second kappa shape index (κ2) is 11.4. The summed E-state index contributed by atoms with van der Waals surface area (Å²) in [5.41, 5.74) is 1.60. The minimum atomic E-state index is -3.82. The average Bonchev–Trinajstić information content (AvgIpc) is 2.76. The number of methoxy groups -OCH3 is 1. The van der Waals surface area contributed by atoms with Gasteiger partial charge in [-0.3, -0.25) is 9.09 Å². The number of rotatable bonds is 10. The zero-order chi connectivity index (χ0) is 21.1. The highest BCUT2D eigenvalue weighted by molar-refractivity contribution is 7.53. The zero-order valence-corrected chi connectivity index (χ0v) is 17.2. The molecule has 2 aromatic carbocycles. The van der Waals surface area contributed by atoms with Crippen molar-refractivity contribution in [3.05, 3.63) is 71.8 Å². The van der Waals surface area contributed by atoms with Crippen molar-refractivity contribution in [3.8, 4) is 0 Å². The van der Waals surface area contributed by atoms with Crippen LogP contribution in [0.25, 0.3) is 0 Å². The van der Waals surface area contributed by atoms with Crippen LogP contribution in [-0.4, -0.2) is 38.7 Å². The lowest BCUT2D eigenvalue weighted by Crippen LogP contribution is -2.31. The van der Waals surface area contributed by atoms with Gasteiger partial charge >= 0.3 is 19.7 Å². The first-order valence-corrected chi connectivity index (χ1v) is 10.6. The Hall–Kier alpha value is -2.67. The van der Waals surface area contributed by atoms with Crippen LogP contribution < -0.4 is 5.32 Å². The van der Waals surface area contributed by atoms with Gasteiger partial charge < -0.3 is 19.3 Å². The highest BCUT2D eigenvalue weighted by Crippen LogP contribution is 2.47. The first-order chi connectivity index (χ1) is 14.0. The van der Waals surface area contributed by atoms with Crippen molar-refractivity contribution in [3.63, 3.8) is 0 Å². The molecule has 0 heterocycles. The smallest absolute Gasteiger partial charge is 0.408 e. The van der Waals surface area contributed by atoms with Crippen LogP contribution in [0.4, 0.5) is 4.79 Å². The monoisotopic (exact) mass is 421 g/mol. The van der Waals surface area contributed by atoms with Gasteiger partial charge in [0.1, 0.15) is 12.9 Å². The molecule has 0 spiro atoms. The van der Waals surface area contributed by atoms with E-state index in [9.17, 15) is 14.2 Å². The normalized spacial score (nSPS) is 13.7. The van der Waals surface area contributed by atoms with Gasteiger partial charge in [0.15, 0.2) is 6.10 Å². The number of carbonyl (C=O) groups excluding carboxylic acids is 2. The summed E-state index contributed by atoms with van der Waals surface area (Å²) >= 11 is 0. The number of benzene rings is 2. The third-order valence-corrected chi connectivity index (χ3v) is 5.60. The molecular weight excluding hydrogens is 397 g/mol. The zero-order valence-electron chi connectivity index (χ0n) is 16.3. The summed E-state index contributed by atoms with van der Waals surface area (Å²) in [7, 11) is -1.44. The molecule has 8 nitrogen and oxygen atoms in total. The maximum atomic E-state index is 12.9. The number of amides is 1. The largest absolute Gasteiger partial charge is 0.467 e. The molecule has 0 aliphatic heterocycles. The van der Waals surface area contributed by atoms with Crippen LogP contribution in [0.15, 0.2) is 60.7 Å². The summed E-state index contributed by atoms with van der Waals surface area (Å²) in [6.45, 7) is 0.0591. The van der Waals surface area contributed by atoms with E-state index in [-0.39, 0.29) is 13.0 Å². The summed E-state index contributed by atoms with van der Waals surface area (Å²) in [6.07, 6.45) is -2.26. The molecule has 29 heavy (non-hydrogen) atoms. The van der Waals surface area contributed by atoms with Crippen LogP contribution in [0, 0.1) is 0 Å². The molecule has 2 atom stereocenters. The van der Waals surface area contributed by atoms with Crippen LogP contribution >= 0.6 is 7.60 Å². The molecule has 1 unspecified atom stereocenters. The number of ether oxygens (including phenoxy) is 2. The van der Waals surface area contributed by atoms with E-state index in [4.69, 9.17) is 18.5 Å². The first kappa shape index (κ1) is 22.6. The van der Waals surface area contributed by atoms with Crippen molar-refractivity contribution < 1.29 is 32.7 Å². The molecule has 9 heteroatoms. The number of nitrogens with one attached hydrogen (secondary N) is 1. The first-order valence-electron chi connectivity index (χ1n) is 8.85. The maximum Gasteiger partial charge on any atom is 0.408 e. The van der Waals surface area contributed by atoms with Crippen molar-refractivity contribution >= 4 is 19.7 Å². The Labute approximate surface area is 169 Å². The van der Waals surface area contributed by atoms with Crippen LogP contribution in [-0.2, 0) is 40.9 Å². The van der Waals surface area contributed by atoms with Gasteiger partial charge in [-0.05, 0) is 11.1 Å². The third-order valence-electron chi connectivity index (χ3n) is 3.92. The number of hydrogen-bond donors (Lipinski definition) is 1. The van der Waals surface area contributed by atoms with Crippen molar-refractivity contribution in [1.29, 1.82) is 0 Å². The van der Waals surface area contributed by atoms with E-state index in [0.29, 0.717) is 0 Å². The van der Waals surface area contributed by atoms with Gasteiger partial charge in [-0.15, -0.1) is 0 Å². The van der Waals surface area contributed by atoms with Gasteiger partial charge in [0.2, 0.25) is 0 Å². The minimum Gasteiger partial charge on any atom is -0.467 e. The van der Waals surface area contributed by atoms with E-state index in [1.165, 1.54) is 14.2 Å². The number of esters is 1. The molecule has 0 saturated heterocycles. The van der Waals surface area contributed by atoms with Crippen molar-refractivity contribution in [1.82, 2.24) is 5.32 Å². The van der Waals surface area contributed by atoms with Gasteiger partial charge in [0, 0.05) is 13.5 Å². The maximum absolute atomic E-state index is 12.9. The van der Waals surface area contributed by atoms with Crippen LogP contribution in [0.5, 0.6) is 0 Å². The van der Waals surface area contributed by atoms with Crippen molar-refractivity contribution in [2.45, 2.75) is 19.1 Å². The van der Waals surface area contributed by atoms with Gasteiger partial charge in [-0.2, -0.15) is 0 Å². The summed E-state index contributed by atoms with van der Waals surface area (Å²) in [6, 6.07) is 18.2. The number of alkyl carbamates (subject to hydrolysis) is 1. The third kappa shape index (κ3) is 7.69. The van der Waals surface area contributed by atoms with Gasteiger partial charge in [-0.25, -0.2) is 9.59 Å². The second-order valence-corrected chi connectivity index (χ2v) is 8.11. The molecule has 0 aromatic heterocycles. The molecule has 156 valence electrons. The van der Waals surface area contributed by atoms with E-state index in [1.807, 2.05) is 36.4 Å². The van der Waals surface area contributed by atoms with Crippen LogP contribution in [0.3, 0.4) is 0 Å². The lowest BCUT2D eigenvalue weighted by atomic mass is 10.1. The van der Waals surface area contributed by atoms with E-state index >= 15 is 0 Å². The van der Waals surface area contributed by atoms with E-state index in [2.05, 4.69) is 5.32 Å². The lowest BCUT2D eigenvalue weighted by molar-refractivity contribution is -0.149. The van der Waals surface area contributed by atoms with Gasteiger partial charge in [-0.1, -0.05) is 60.7 Å². The fourth-order valence-corrected chi connectivity index (χ4v) is 3.56. The number of hydrogen-bond acceptors (Lipinski definition) is 7. The molecule has 0 fully saturated rings. The topological polar surface area (TPSA) is 100 Å². The van der Waals surface area contributed by atoms with Crippen molar-refractivity contribution in [2.75, 3.05) is 20.5 Å². The molecule has 0 saturated carbocycles. The molecule has 2 rings (SSSR count). The Morgan fingerprint density at radius 1 is 0.966 bits per heavy atom. The van der Waals surface area contributed by atoms with E-state index in [0.717, 1.165) is 11.1 Å². The van der Waals surface area contributed by atoms with Crippen molar-refractivity contribution in [2.24, 2.45) is 0 Å². The highest BCUT2D eigenvalue weighted by Gasteiger charge is 2.33. The summed E-state index contributed by atoms with van der Waals surface area (Å²) in [4.78, 5) is 24.0. The molecule has 2 aromatic rings. The van der Waals surface area contributed by atoms with Gasteiger partial charge in [0.05, 0.1) is 7.11 Å². The summed E-state index contributed by atoms with van der Waals surface area (Å²) in [5.74, 6) is -0.696. The average molecular weight is 421 g/mol. The standard InChI is InChI=1S/C20H24NO7P/c1-25-19(22)18(13-16-9-5-3-6-10-16)28-29(24,26-2)15-21-20(23)27-14-17-11-7-4-8-12-17/h3-12,18H,13-15H2,1-2H3,(H,21,23)/t18-,29?/m0/s1. The fourth-order valence-electron chi connectivity index (χ4n) is 2.40. The van der Waals surface area contributed by atoms with E-state index in [1.54, 1.807) is 24.3 Å². The predicted molar refractivity (Wildman–Crippen MR) is 106 cm³/mol. The molecule has 0 radical (unpaired) electrons. The summed E-state index contributed by atoms with van der Waals surface area (Å²) in [5, 5.41) is 2.34. The molecule has 0 aliphatic carbocycles. The quantitative estimate of drug-likeness (QED) is 0.463. The lowest BCUT2D eigenvalue weighted by Gasteiger charge is -2.22. The Balaban J connectivity index is 1.93. The van der Waals surface area contributed by atoms with Gasteiger partial charge in [0.25, 0.3) is 0 Å². The Morgan fingerprint density at radius 2 is 1.55 bits per heavy atom. The highest BCUT2D eigenvalue weighted by atomic mass is 31.2. The minimum absolute atomic E-state index is 0.0591. The molecule has 0 bridgehead atoms. The molecule has 1 amide bonds. The molecule has 1 N–H and O–H groups in total.